The van der Waals surface area contributed by atoms with E-state index in [-0.39, 0.29) is 5.69 Å². The number of rotatable bonds is 6. The first-order chi connectivity index (χ1) is 11.9. The lowest BCUT2D eigenvalue weighted by atomic mass is 10.3. The van der Waals surface area contributed by atoms with Crippen molar-refractivity contribution in [1.82, 2.24) is 0 Å². The molecule has 126 valence electrons. The number of aliphatic carboxylic acids is 1. The molecule has 0 saturated carbocycles. The van der Waals surface area contributed by atoms with E-state index in [1.54, 1.807) is 24.3 Å². The van der Waals surface area contributed by atoms with Crippen molar-refractivity contribution in [1.29, 1.82) is 0 Å². The van der Waals surface area contributed by atoms with Crippen molar-refractivity contribution < 1.29 is 19.6 Å². The lowest BCUT2D eigenvalue weighted by Gasteiger charge is -2.01. The van der Waals surface area contributed by atoms with E-state index in [1.807, 2.05) is 0 Å². The summed E-state index contributed by atoms with van der Waals surface area (Å²) in [6, 6.07) is 12.0. The topological polar surface area (TPSA) is 134 Å². The molecule has 0 heterocycles. The zero-order valence-electron chi connectivity index (χ0n) is 12.7. The van der Waals surface area contributed by atoms with Crippen molar-refractivity contribution in [2.75, 3.05) is 5.32 Å². The van der Waals surface area contributed by atoms with Crippen LogP contribution in [0.15, 0.2) is 70.9 Å². The van der Waals surface area contributed by atoms with E-state index in [2.05, 4.69) is 15.5 Å². The Hall–Kier alpha value is -3.88. The Kier molecular flexibility index (Phi) is 5.67. The molecular weight excluding hydrogens is 328 g/mol. The first-order valence-corrected chi connectivity index (χ1v) is 6.92. The molecule has 9 nitrogen and oxygen atoms in total. The molecule has 2 aromatic rings. The Morgan fingerprint density at radius 1 is 0.960 bits per heavy atom. The van der Waals surface area contributed by atoms with E-state index in [1.165, 1.54) is 24.3 Å². The highest BCUT2D eigenvalue weighted by molar-refractivity contribution is 6.02. The summed E-state index contributed by atoms with van der Waals surface area (Å²) < 4.78 is 0. The number of anilines is 1. The van der Waals surface area contributed by atoms with Crippen molar-refractivity contribution in [2.45, 2.75) is 0 Å². The molecule has 0 radical (unpaired) electrons. The van der Waals surface area contributed by atoms with Crippen LogP contribution in [0.4, 0.5) is 22.7 Å². The average molecular weight is 340 g/mol. The molecular formula is C16H12N4O5. The van der Waals surface area contributed by atoms with Gasteiger partial charge >= 0.3 is 5.97 Å². The quantitative estimate of drug-likeness (QED) is 0.358. The SMILES string of the molecule is O=C(O)/C=C/C(=O)Nc1ccc(N=Nc2ccc([N+](=O)[O-])cc2)cc1. The van der Waals surface area contributed by atoms with Crippen LogP contribution < -0.4 is 5.32 Å². The Balaban J connectivity index is 1.98. The van der Waals surface area contributed by atoms with Gasteiger partial charge in [-0.1, -0.05) is 0 Å². The van der Waals surface area contributed by atoms with E-state index >= 15 is 0 Å². The second-order valence-corrected chi connectivity index (χ2v) is 4.68. The summed E-state index contributed by atoms with van der Waals surface area (Å²) in [6.07, 6.45) is 1.65. The van der Waals surface area contributed by atoms with Gasteiger partial charge in [-0.2, -0.15) is 10.2 Å². The number of carbonyl (C=O) groups excluding carboxylic acids is 1. The standard InChI is InChI=1S/C16H12N4O5/c21-15(9-10-16(22)23)17-11-1-3-12(4-2-11)18-19-13-5-7-14(8-6-13)20(24)25/h1-10H,(H,17,21)(H,22,23)/b10-9+,19-18?. The summed E-state index contributed by atoms with van der Waals surface area (Å²) in [5.41, 5.74) is 1.41. The minimum Gasteiger partial charge on any atom is -0.478 e. The van der Waals surface area contributed by atoms with Gasteiger partial charge in [0.05, 0.1) is 16.3 Å². The first kappa shape index (κ1) is 17.5. The molecule has 0 spiro atoms. The van der Waals surface area contributed by atoms with Crippen molar-refractivity contribution in [3.05, 3.63) is 70.8 Å². The maximum atomic E-state index is 11.4. The van der Waals surface area contributed by atoms with Gasteiger partial charge in [0.25, 0.3) is 5.69 Å². The Morgan fingerprint density at radius 3 is 1.96 bits per heavy atom. The first-order valence-electron chi connectivity index (χ1n) is 6.92. The Morgan fingerprint density at radius 2 is 1.48 bits per heavy atom. The van der Waals surface area contributed by atoms with Crippen LogP contribution >= 0.6 is 0 Å². The summed E-state index contributed by atoms with van der Waals surface area (Å²) in [5, 5.41) is 29.4. The molecule has 0 bridgehead atoms. The summed E-state index contributed by atoms with van der Waals surface area (Å²) in [4.78, 5) is 31.8. The Bertz CT molecular complexity index is 842. The number of nitrogens with zero attached hydrogens (tertiary/aromatic N) is 3. The predicted molar refractivity (Wildman–Crippen MR) is 89.1 cm³/mol. The lowest BCUT2D eigenvalue weighted by Crippen LogP contribution is -2.08. The third-order valence-electron chi connectivity index (χ3n) is 2.85. The zero-order chi connectivity index (χ0) is 18.2. The highest BCUT2D eigenvalue weighted by Crippen LogP contribution is 2.22. The normalized spacial score (nSPS) is 10.9. The van der Waals surface area contributed by atoms with Gasteiger partial charge in [0.15, 0.2) is 0 Å². The van der Waals surface area contributed by atoms with Crippen molar-refractivity contribution in [3.63, 3.8) is 0 Å². The number of benzene rings is 2. The largest absolute Gasteiger partial charge is 0.478 e. The molecule has 2 rings (SSSR count). The van der Waals surface area contributed by atoms with Gasteiger partial charge in [0.1, 0.15) is 0 Å². The summed E-state index contributed by atoms with van der Waals surface area (Å²) in [6.45, 7) is 0. The third kappa shape index (κ3) is 5.67. The summed E-state index contributed by atoms with van der Waals surface area (Å²) in [7, 11) is 0. The van der Waals surface area contributed by atoms with Crippen LogP contribution in [0.5, 0.6) is 0 Å². The maximum Gasteiger partial charge on any atom is 0.328 e. The van der Waals surface area contributed by atoms with Crippen LogP contribution in [0.1, 0.15) is 0 Å². The smallest absolute Gasteiger partial charge is 0.328 e. The fraction of sp³-hybridized carbons (Fsp3) is 0. The van der Waals surface area contributed by atoms with E-state index < -0.39 is 16.8 Å². The van der Waals surface area contributed by atoms with Gasteiger partial charge in [-0.15, -0.1) is 0 Å². The predicted octanol–water partition coefficient (Wildman–Crippen LogP) is 3.59. The molecule has 0 aliphatic rings. The number of hydrogen-bond donors (Lipinski definition) is 2. The van der Waals surface area contributed by atoms with Crippen LogP contribution in [0.2, 0.25) is 0 Å². The summed E-state index contributed by atoms with van der Waals surface area (Å²) in [5.74, 6) is -1.78. The van der Waals surface area contributed by atoms with E-state index in [0.29, 0.717) is 17.1 Å². The van der Waals surface area contributed by atoms with Gasteiger partial charge < -0.3 is 10.4 Å². The Labute approximate surface area is 141 Å². The molecule has 25 heavy (non-hydrogen) atoms. The lowest BCUT2D eigenvalue weighted by molar-refractivity contribution is -0.384. The molecule has 1 amide bonds. The number of carbonyl (C=O) groups is 2. The average Bonchev–Trinajstić information content (AvgIpc) is 2.60. The van der Waals surface area contributed by atoms with Crippen molar-refractivity contribution >= 4 is 34.6 Å². The number of hydrogen-bond acceptors (Lipinski definition) is 6. The molecule has 0 atom stereocenters. The number of nitro groups is 1. The third-order valence-corrected chi connectivity index (χ3v) is 2.85. The number of carboxylic acid groups (broad SMARTS) is 1. The highest BCUT2D eigenvalue weighted by atomic mass is 16.6. The summed E-state index contributed by atoms with van der Waals surface area (Å²) >= 11 is 0. The number of azo groups is 1. The van der Waals surface area contributed by atoms with Gasteiger partial charge in [-0.3, -0.25) is 14.9 Å². The second-order valence-electron chi connectivity index (χ2n) is 4.68. The minimum atomic E-state index is -1.21. The van der Waals surface area contributed by atoms with Crippen LogP contribution in [0.3, 0.4) is 0 Å². The van der Waals surface area contributed by atoms with E-state index in [4.69, 9.17) is 5.11 Å². The number of amides is 1. The van der Waals surface area contributed by atoms with E-state index in [9.17, 15) is 19.7 Å². The van der Waals surface area contributed by atoms with Crippen molar-refractivity contribution in [3.8, 4) is 0 Å². The minimum absolute atomic E-state index is 0.0315. The molecule has 0 aliphatic heterocycles. The fourth-order valence-corrected chi connectivity index (χ4v) is 1.70. The molecule has 0 saturated heterocycles. The monoisotopic (exact) mass is 340 g/mol. The van der Waals surface area contributed by atoms with Crippen LogP contribution in [-0.4, -0.2) is 21.9 Å². The molecule has 0 unspecified atom stereocenters. The molecule has 9 heteroatoms. The number of nitrogens with one attached hydrogen (secondary N) is 1. The molecule has 2 aromatic carbocycles. The fourth-order valence-electron chi connectivity index (χ4n) is 1.70. The van der Waals surface area contributed by atoms with Gasteiger partial charge in [-0.05, 0) is 36.4 Å². The van der Waals surface area contributed by atoms with Gasteiger partial charge in [0.2, 0.25) is 5.91 Å². The van der Waals surface area contributed by atoms with Crippen LogP contribution in [0.25, 0.3) is 0 Å². The zero-order valence-corrected chi connectivity index (χ0v) is 12.7. The number of carboxylic acids is 1. The van der Waals surface area contributed by atoms with Crippen LogP contribution in [0, 0.1) is 10.1 Å². The molecule has 0 aromatic heterocycles. The van der Waals surface area contributed by atoms with Crippen LogP contribution in [-0.2, 0) is 9.59 Å². The van der Waals surface area contributed by atoms with E-state index in [0.717, 1.165) is 12.2 Å². The number of non-ortho nitro benzene ring substituents is 1. The van der Waals surface area contributed by atoms with Crippen molar-refractivity contribution in [2.24, 2.45) is 10.2 Å². The molecule has 0 aliphatic carbocycles. The number of nitro benzene ring substituents is 1. The molecule has 2 N–H and O–H groups in total. The highest BCUT2D eigenvalue weighted by Gasteiger charge is 2.03. The second kappa shape index (κ2) is 8.11. The maximum absolute atomic E-state index is 11.4. The van der Waals surface area contributed by atoms with Gasteiger partial charge in [-0.25, -0.2) is 4.79 Å². The molecule has 0 fully saturated rings. The van der Waals surface area contributed by atoms with Gasteiger partial charge in [0, 0.05) is 30.0 Å².